The number of carbonyl (C=O) groups is 1. The quantitative estimate of drug-likeness (QED) is 0.370. The fraction of sp³-hybridized carbons (Fsp3) is 0.286. The van der Waals surface area contributed by atoms with Crippen LogP contribution in [0.2, 0.25) is 0 Å². The molecule has 2 aromatic carbocycles. The second-order valence-electron chi connectivity index (χ2n) is 8.03. The number of aromatic nitrogens is 1. The summed E-state index contributed by atoms with van der Waals surface area (Å²) in [5.41, 5.74) is 5.93. The van der Waals surface area contributed by atoms with Gasteiger partial charge in [-0.25, -0.2) is 0 Å². The number of aryl methyl sites for hydroxylation is 1. The van der Waals surface area contributed by atoms with Gasteiger partial charge in [0.05, 0.1) is 0 Å². The summed E-state index contributed by atoms with van der Waals surface area (Å²) in [5, 5.41) is 6.51. The average molecular weight is 443 g/mol. The monoisotopic (exact) mass is 442 g/mol. The Bertz CT molecular complexity index is 1060. The Morgan fingerprint density at radius 1 is 0.970 bits per heavy atom. The SMILES string of the molecule is CCN(CC)CCCNC(=O)c1ccc(Nc2cccc(/C=C/c3ccncc3)c2)c(C)c1. The molecule has 0 aliphatic rings. The topological polar surface area (TPSA) is 57.3 Å². The van der Waals surface area contributed by atoms with Crippen LogP contribution in [0.1, 0.15) is 47.3 Å². The van der Waals surface area contributed by atoms with Gasteiger partial charge in [0.15, 0.2) is 0 Å². The molecular formula is C28H34N4O. The summed E-state index contributed by atoms with van der Waals surface area (Å²) in [5.74, 6) is -0.0209. The third-order valence-electron chi connectivity index (χ3n) is 5.66. The minimum Gasteiger partial charge on any atom is -0.355 e. The highest BCUT2D eigenvalue weighted by Gasteiger charge is 2.08. The molecule has 0 atom stereocenters. The second-order valence-corrected chi connectivity index (χ2v) is 8.03. The maximum Gasteiger partial charge on any atom is 0.251 e. The van der Waals surface area contributed by atoms with Crippen LogP contribution in [0.25, 0.3) is 12.2 Å². The average Bonchev–Trinajstić information content (AvgIpc) is 2.85. The molecule has 0 spiro atoms. The molecular weight excluding hydrogens is 408 g/mol. The van der Waals surface area contributed by atoms with Crippen molar-refractivity contribution >= 4 is 29.4 Å². The van der Waals surface area contributed by atoms with Gasteiger partial charge < -0.3 is 15.5 Å². The van der Waals surface area contributed by atoms with Crippen LogP contribution in [0.4, 0.5) is 11.4 Å². The summed E-state index contributed by atoms with van der Waals surface area (Å²) >= 11 is 0. The summed E-state index contributed by atoms with van der Waals surface area (Å²) in [6.07, 6.45) is 8.69. The van der Waals surface area contributed by atoms with Crippen molar-refractivity contribution in [1.29, 1.82) is 0 Å². The molecule has 0 bridgehead atoms. The van der Waals surface area contributed by atoms with Gasteiger partial charge in [0.25, 0.3) is 5.91 Å². The molecule has 172 valence electrons. The van der Waals surface area contributed by atoms with Crippen molar-refractivity contribution in [2.45, 2.75) is 27.2 Å². The van der Waals surface area contributed by atoms with Gasteiger partial charge in [0.1, 0.15) is 0 Å². The molecule has 1 amide bonds. The Hall–Kier alpha value is -3.44. The third kappa shape index (κ3) is 7.58. The van der Waals surface area contributed by atoms with E-state index in [-0.39, 0.29) is 5.91 Å². The molecule has 0 saturated carbocycles. The van der Waals surface area contributed by atoms with Crippen LogP contribution in [0.3, 0.4) is 0 Å². The van der Waals surface area contributed by atoms with Gasteiger partial charge in [-0.3, -0.25) is 9.78 Å². The third-order valence-corrected chi connectivity index (χ3v) is 5.66. The van der Waals surface area contributed by atoms with Crippen molar-refractivity contribution < 1.29 is 4.79 Å². The lowest BCUT2D eigenvalue weighted by atomic mass is 10.1. The molecule has 1 heterocycles. The van der Waals surface area contributed by atoms with Crippen molar-refractivity contribution in [1.82, 2.24) is 15.2 Å². The van der Waals surface area contributed by atoms with E-state index in [1.54, 1.807) is 12.4 Å². The number of nitrogens with zero attached hydrogens (tertiary/aromatic N) is 2. The van der Waals surface area contributed by atoms with Crippen LogP contribution >= 0.6 is 0 Å². The first kappa shape index (κ1) is 24.2. The number of hydrogen-bond acceptors (Lipinski definition) is 4. The van der Waals surface area contributed by atoms with E-state index >= 15 is 0 Å². The predicted molar refractivity (Wildman–Crippen MR) is 139 cm³/mol. The van der Waals surface area contributed by atoms with Crippen LogP contribution in [-0.2, 0) is 0 Å². The van der Waals surface area contributed by atoms with Gasteiger partial charge >= 0.3 is 0 Å². The Morgan fingerprint density at radius 3 is 2.45 bits per heavy atom. The maximum absolute atomic E-state index is 12.5. The Labute approximate surface area is 197 Å². The minimum atomic E-state index is -0.0209. The van der Waals surface area contributed by atoms with Gasteiger partial charge in [0, 0.05) is 35.9 Å². The number of pyridine rings is 1. The van der Waals surface area contributed by atoms with Gasteiger partial charge in [-0.2, -0.15) is 0 Å². The number of amides is 1. The van der Waals surface area contributed by atoms with E-state index in [0.29, 0.717) is 12.1 Å². The smallest absolute Gasteiger partial charge is 0.251 e. The normalized spacial score (nSPS) is 11.2. The summed E-state index contributed by atoms with van der Waals surface area (Å²) < 4.78 is 0. The molecule has 0 radical (unpaired) electrons. The van der Waals surface area contributed by atoms with E-state index in [1.807, 2.05) is 49.4 Å². The number of hydrogen-bond donors (Lipinski definition) is 2. The molecule has 0 saturated heterocycles. The zero-order valence-electron chi connectivity index (χ0n) is 19.8. The zero-order chi connectivity index (χ0) is 23.5. The van der Waals surface area contributed by atoms with Crippen molar-refractivity contribution in [3.8, 4) is 0 Å². The molecule has 3 rings (SSSR count). The van der Waals surface area contributed by atoms with Crippen LogP contribution in [-0.4, -0.2) is 42.0 Å². The summed E-state index contributed by atoms with van der Waals surface area (Å²) in [6, 6.07) is 18.0. The fourth-order valence-corrected chi connectivity index (χ4v) is 3.63. The molecule has 33 heavy (non-hydrogen) atoms. The fourth-order valence-electron chi connectivity index (χ4n) is 3.63. The molecule has 5 nitrogen and oxygen atoms in total. The highest BCUT2D eigenvalue weighted by Crippen LogP contribution is 2.23. The molecule has 5 heteroatoms. The number of benzene rings is 2. The lowest BCUT2D eigenvalue weighted by Crippen LogP contribution is -2.29. The lowest BCUT2D eigenvalue weighted by molar-refractivity contribution is 0.0952. The van der Waals surface area contributed by atoms with Gasteiger partial charge in [-0.05, 0) is 92.1 Å². The first-order chi connectivity index (χ1) is 16.1. The number of carbonyl (C=O) groups excluding carboxylic acids is 1. The first-order valence-electron chi connectivity index (χ1n) is 11.7. The first-order valence-corrected chi connectivity index (χ1v) is 11.7. The van der Waals surface area contributed by atoms with E-state index in [9.17, 15) is 4.79 Å². The highest BCUT2D eigenvalue weighted by atomic mass is 16.1. The zero-order valence-corrected chi connectivity index (χ0v) is 19.8. The Kier molecular flexibility index (Phi) is 9.21. The van der Waals surface area contributed by atoms with Crippen LogP contribution in [0, 0.1) is 6.92 Å². The lowest BCUT2D eigenvalue weighted by Gasteiger charge is -2.17. The Balaban J connectivity index is 1.58. The van der Waals surface area contributed by atoms with Crippen LogP contribution in [0.5, 0.6) is 0 Å². The van der Waals surface area contributed by atoms with E-state index in [1.165, 1.54) is 0 Å². The molecule has 1 aromatic heterocycles. The molecule has 3 aromatic rings. The highest BCUT2D eigenvalue weighted by molar-refractivity contribution is 5.95. The molecule has 0 fully saturated rings. The molecule has 0 unspecified atom stereocenters. The predicted octanol–water partition coefficient (Wildman–Crippen LogP) is 5.77. The minimum absolute atomic E-state index is 0.0209. The van der Waals surface area contributed by atoms with Gasteiger partial charge in [0.2, 0.25) is 0 Å². The molecule has 0 aliphatic heterocycles. The van der Waals surface area contributed by atoms with E-state index in [0.717, 1.165) is 54.1 Å². The summed E-state index contributed by atoms with van der Waals surface area (Å²) in [7, 11) is 0. The summed E-state index contributed by atoms with van der Waals surface area (Å²) in [4.78, 5) is 18.9. The number of anilines is 2. The van der Waals surface area contributed by atoms with Crippen LogP contribution in [0.15, 0.2) is 67.0 Å². The van der Waals surface area contributed by atoms with Gasteiger partial charge in [-0.1, -0.05) is 38.1 Å². The van der Waals surface area contributed by atoms with Crippen molar-refractivity contribution in [2.24, 2.45) is 0 Å². The molecule has 0 aliphatic carbocycles. The van der Waals surface area contributed by atoms with Gasteiger partial charge in [-0.15, -0.1) is 0 Å². The second kappa shape index (κ2) is 12.6. The number of nitrogens with one attached hydrogen (secondary N) is 2. The van der Waals surface area contributed by atoms with Crippen molar-refractivity contribution in [2.75, 3.05) is 31.5 Å². The van der Waals surface area contributed by atoms with E-state index < -0.39 is 0 Å². The number of rotatable bonds is 11. The van der Waals surface area contributed by atoms with Crippen LogP contribution < -0.4 is 10.6 Å². The maximum atomic E-state index is 12.5. The Morgan fingerprint density at radius 2 is 1.73 bits per heavy atom. The van der Waals surface area contributed by atoms with Crippen molar-refractivity contribution in [3.05, 3.63) is 89.2 Å². The van der Waals surface area contributed by atoms with E-state index in [2.05, 4.69) is 58.6 Å². The largest absolute Gasteiger partial charge is 0.355 e. The standard InChI is InChI=1S/C28H34N4O/c1-4-32(5-2)19-7-16-30-28(33)25-12-13-27(22(3)20-25)31-26-9-6-8-24(21-26)11-10-23-14-17-29-18-15-23/h6,8-15,17-18,20-21,31H,4-5,7,16,19H2,1-3H3,(H,30,33)/b11-10+. The van der Waals surface area contributed by atoms with Crippen molar-refractivity contribution in [3.63, 3.8) is 0 Å². The summed E-state index contributed by atoms with van der Waals surface area (Å²) in [6.45, 7) is 10.1. The van der Waals surface area contributed by atoms with E-state index in [4.69, 9.17) is 0 Å². The molecule has 2 N–H and O–H groups in total.